The molecule has 1 aliphatic heterocycles. The molecule has 0 bridgehead atoms. The van der Waals surface area contributed by atoms with Gasteiger partial charge in [0.05, 0.1) is 11.8 Å². The molecule has 1 aliphatic carbocycles. The number of piperidine rings is 1. The summed E-state index contributed by atoms with van der Waals surface area (Å²) in [6, 6.07) is 7.99. The fraction of sp³-hybridized carbons (Fsp3) is 0.700. The van der Waals surface area contributed by atoms with Crippen molar-refractivity contribution in [3.8, 4) is 5.75 Å². The molecule has 1 saturated heterocycles. The lowest BCUT2D eigenvalue weighted by Crippen LogP contribution is -2.53. The van der Waals surface area contributed by atoms with Gasteiger partial charge < -0.3 is 15.2 Å². The Bertz CT molecular complexity index is 518. The van der Waals surface area contributed by atoms with E-state index < -0.39 is 0 Å². The minimum absolute atomic E-state index is 0.341. The molecule has 0 spiro atoms. The second kappa shape index (κ2) is 7.75. The summed E-state index contributed by atoms with van der Waals surface area (Å²) in [6.45, 7) is 7.65. The van der Waals surface area contributed by atoms with E-state index in [-0.39, 0.29) is 0 Å². The van der Waals surface area contributed by atoms with Crippen molar-refractivity contribution in [3.63, 3.8) is 0 Å². The van der Waals surface area contributed by atoms with Gasteiger partial charge in [-0.05, 0) is 64.5 Å². The van der Waals surface area contributed by atoms with Gasteiger partial charge in [-0.25, -0.2) is 0 Å². The number of nitrogens with one attached hydrogen (secondary N) is 1. The number of hydrogen-bond donors (Lipinski definition) is 2. The fourth-order valence-electron chi connectivity index (χ4n) is 4.31. The molecule has 24 heavy (non-hydrogen) atoms. The van der Waals surface area contributed by atoms with Gasteiger partial charge in [0.1, 0.15) is 5.75 Å². The largest absolute Gasteiger partial charge is 0.506 e. The molecule has 0 amide bonds. The number of aromatic hydroxyl groups is 1. The van der Waals surface area contributed by atoms with Crippen molar-refractivity contribution >= 4 is 5.69 Å². The number of ether oxygens (including phenoxy) is 1. The first kappa shape index (κ1) is 17.6. The summed E-state index contributed by atoms with van der Waals surface area (Å²) in [5.74, 6) is 0.348. The number of anilines is 1. The van der Waals surface area contributed by atoms with E-state index in [0.29, 0.717) is 23.4 Å². The molecule has 3 rings (SSSR count). The highest BCUT2D eigenvalue weighted by molar-refractivity contribution is 5.55. The topological polar surface area (TPSA) is 44.7 Å². The Morgan fingerprint density at radius 1 is 1.17 bits per heavy atom. The quantitative estimate of drug-likeness (QED) is 0.800. The minimum Gasteiger partial charge on any atom is -0.506 e. The van der Waals surface area contributed by atoms with Gasteiger partial charge in [0, 0.05) is 31.3 Å². The number of nitrogens with zero attached hydrogens (tertiary/aromatic N) is 1. The zero-order chi connectivity index (χ0) is 17.0. The predicted molar refractivity (Wildman–Crippen MR) is 98.6 cm³/mol. The lowest BCUT2D eigenvalue weighted by atomic mass is 9.79. The van der Waals surface area contributed by atoms with E-state index in [4.69, 9.17) is 4.74 Å². The van der Waals surface area contributed by atoms with Crippen LogP contribution >= 0.6 is 0 Å². The molecule has 2 fully saturated rings. The highest BCUT2D eigenvalue weighted by Gasteiger charge is 2.38. The summed E-state index contributed by atoms with van der Waals surface area (Å²) in [5.41, 5.74) is 1.20. The number of phenols is 1. The number of benzene rings is 1. The zero-order valence-corrected chi connectivity index (χ0v) is 15.1. The Morgan fingerprint density at radius 3 is 2.46 bits per heavy atom. The van der Waals surface area contributed by atoms with Gasteiger partial charge in [0.25, 0.3) is 0 Å². The van der Waals surface area contributed by atoms with Gasteiger partial charge in [0.2, 0.25) is 0 Å². The number of para-hydroxylation sites is 2. The van der Waals surface area contributed by atoms with Crippen LogP contribution in [0, 0.1) is 0 Å². The second-order valence-corrected chi connectivity index (χ2v) is 7.57. The van der Waals surface area contributed by atoms with Crippen molar-refractivity contribution in [2.75, 3.05) is 25.0 Å². The lowest BCUT2D eigenvalue weighted by Gasteiger charge is -2.48. The Morgan fingerprint density at radius 2 is 1.83 bits per heavy atom. The predicted octanol–water partition coefficient (Wildman–Crippen LogP) is 4.01. The maximum absolute atomic E-state index is 9.92. The first-order chi connectivity index (χ1) is 11.6. The molecule has 0 unspecified atom stereocenters. The first-order valence-electron chi connectivity index (χ1n) is 9.52. The van der Waals surface area contributed by atoms with Crippen molar-refractivity contribution < 1.29 is 9.84 Å². The molecule has 2 N–H and O–H groups in total. The van der Waals surface area contributed by atoms with Crippen LogP contribution in [0.3, 0.4) is 0 Å². The Labute approximate surface area is 146 Å². The average molecular weight is 332 g/mol. The van der Waals surface area contributed by atoms with Crippen LogP contribution in [-0.4, -0.2) is 47.4 Å². The molecule has 4 nitrogen and oxygen atoms in total. The Balaban J connectivity index is 1.49. The van der Waals surface area contributed by atoms with Gasteiger partial charge in [-0.15, -0.1) is 0 Å². The molecule has 0 aromatic heterocycles. The van der Waals surface area contributed by atoms with Crippen molar-refractivity contribution in [1.29, 1.82) is 0 Å². The molecule has 134 valence electrons. The normalized spacial score (nSPS) is 29.5. The molecule has 0 radical (unpaired) electrons. The van der Waals surface area contributed by atoms with E-state index in [9.17, 15) is 5.11 Å². The van der Waals surface area contributed by atoms with Crippen LogP contribution in [0.1, 0.15) is 52.4 Å². The van der Waals surface area contributed by atoms with Crippen LogP contribution in [-0.2, 0) is 4.74 Å². The third-order valence-corrected chi connectivity index (χ3v) is 5.93. The third kappa shape index (κ3) is 4.04. The molecule has 1 heterocycles. The molecular formula is C20H32N2O2. The molecule has 1 aromatic rings. The summed E-state index contributed by atoms with van der Waals surface area (Å²) in [6.07, 6.45) is 7.63. The zero-order valence-electron chi connectivity index (χ0n) is 15.1. The van der Waals surface area contributed by atoms with Crippen molar-refractivity contribution in [3.05, 3.63) is 24.3 Å². The molecule has 0 atom stereocenters. The van der Waals surface area contributed by atoms with Gasteiger partial charge in [0.15, 0.2) is 0 Å². The average Bonchev–Trinajstić information content (AvgIpc) is 2.60. The highest BCUT2D eigenvalue weighted by Crippen LogP contribution is 2.36. The second-order valence-electron chi connectivity index (χ2n) is 7.57. The molecular weight excluding hydrogens is 300 g/mol. The van der Waals surface area contributed by atoms with E-state index in [1.165, 1.54) is 25.7 Å². The third-order valence-electron chi connectivity index (χ3n) is 5.93. The van der Waals surface area contributed by atoms with E-state index in [0.717, 1.165) is 38.2 Å². The van der Waals surface area contributed by atoms with Crippen LogP contribution < -0.4 is 5.32 Å². The summed E-state index contributed by atoms with van der Waals surface area (Å²) in [7, 11) is 0. The van der Waals surface area contributed by atoms with Crippen molar-refractivity contribution in [1.82, 2.24) is 4.90 Å². The van der Waals surface area contributed by atoms with Crippen molar-refractivity contribution in [2.45, 2.75) is 70.1 Å². The van der Waals surface area contributed by atoms with Crippen molar-refractivity contribution in [2.24, 2.45) is 0 Å². The summed E-state index contributed by atoms with van der Waals surface area (Å²) >= 11 is 0. The standard InChI is InChI=1S/C20H32N2O2/c1-3-24-17-8-12-20(2,13-9-17)22-14-10-16(11-15-22)21-18-6-4-5-7-19(18)23/h4-7,16-17,21,23H,3,8-15H2,1-2H3. The number of rotatable bonds is 5. The van der Waals surface area contributed by atoms with Gasteiger partial charge in [-0.2, -0.15) is 0 Å². The Hall–Kier alpha value is -1.26. The molecule has 1 saturated carbocycles. The van der Waals surface area contributed by atoms with Crippen LogP contribution in [0.4, 0.5) is 5.69 Å². The number of hydrogen-bond acceptors (Lipinski definition) is 4. The Kier molecular flexibility index (Phi) is 5.67. The monoisotopic (exact) mass is 332 g/mol. The van der Waals surface area contributed by atoms with Gasteiger partial charge in [-0.1, -0.05) is 12.1 Å². The summed E-state index contributed by atoms with van der Waals surface area (Å²) < 4.78 is 5.81. The first-order valence-corrected chi connectivity index (χ1v) is 9.52. The van der Waals surface area contributed by atoms with E-state index in [1.807, 2.05) is 18.2 Å². The molecule has 1 aromatic carbocycles. The van der Waals surface area contributed by atoms with E-state index >= 15 is 0 Å². The maximum atomic E-state index is 9.92. The highest BCUT2D eigenvalue weighted by atomic mass is 16.5. The molecule has 4 heteroatoms. The smallest absolute Gasteiger partial charge is 0.138 e. The SMILES string of the molecule is CCOC1CCC(C)(N2CCC(Nc3ccccc3O)CC2)CC1. The summed E-state index contributed by atoms with van der Waals surface area (Å²) in [4.78, 5) is 2.69. The number of likely N-dealkylation sites (tertiary alicyclic amines) is 1. The van der Waals surface area contributed by atoms with Crippen LogP contribution in [0.15, 0.2) is 24.3 Å². The fourth-order valence-corrected chi connectivity index (χ4v) is 4.31. The number of phenolic OH excluding ortho intramolecular Hbond substituents is 1. The van der Waals surface area contributed by atoms with Crippen LogP contribution in [0.2, 0.25) is 0 Å². The van der Waals surface area contributed by atoms with Crippen LogP contribution in [0.5, 0.6) is 5.75 Å². The minimum atomic E-state index is 0.341. The lowest BCUT2D eigenvalue weighted by molar-refractivity contribution is -0.0242. The van der Waals surface area contributed by atoms with Gasteiger partial charge in [-0.3, -0.25) is 4.90 Å². The summed E-state index contributed by atoms with van der Waals surface area (Å²) in [5, 5.41) is 13.4. The van der Waals surface area contributed by atoms with E-state index in [1.54, 1.807) is 6.07 Å². The maximum Gasteiger partial charge on any atom is 0.138 e. The van der Waals surface area contributed by atoms with E-state index in [2.05, 4.69) is 24.1 Å². The van der Waals surface area contributed by atoms with Gasteiger partial charge >= 0.3 is 0 Å². The van der Waals surface area contributed by atoms with Crippen LogP contribution in [0.25, 0.3) is 0 Å². The molecule has 2 aliphatic rings.